The lowest BCUT2D eigenvalue weighted by Gasteiger charge is -2.16. The van der Waals surface area contributed by atoms with E-state index in [4.69, 9.17) is 5.11 Å². The number of hydrogen-bond acceptors (Lipinski definition) is 1. The molecular weight excluding hydrogens is 220 g/mol. The second kappa shape index (κ2) is 3.27. The molecule has 0 heterocycles. The number of carboxylic acid groups (broad SMARTS) is 1. The van der Waals surface area contributed by atoms with Gasteiger partial charge in [0.05, 0.1) is 0 Å². The van der Waals surface area contributed by atoms with E-state index >= 15 is 0 Å². The highest BCUT2D eigenvalue weighted by atomic mass is 79.9. The molecule has 0 fully saturated rings. The summed E-state index contributed by atoms with van der Waals surface area (Å²) in [5.41, 5.74) is 0.748. The average Bonchev–Trinajstić information content (AvgIpc) is 2.06. The number of alkyl halides is 1. The van der Waals surface area contributed by atoms with Crippen LogP contribution < -0.4 is 0 Å². The molecular formula is C9H9BrO2. The number of carbonyl (C=O) groups is 1. The SMILES string of the molecule is C[C@](Br)(C(=O)O)c1ccccc1. The van der Waals surface area contributed by atoms with Gasteiger partial charge in [-0.25, -0.2) is 0 Å². The molecule has 0 aliphatic heterocycles. The van der Waals surface area contributed by atoms with E-state index in [2.05, 4.69) is 15.9 Å². The van der Waals surface area contributed by atoms with Crippen molar-refractivity contribution in [1.82, 2.24) is 0 Å². The highest BCUT2D eigenvalue weighted by molar-refractivity contribution is 9.10. The summed E-state index contributed by atoms with van der Waals surface area (Å²) < 4.78 is -0.978. The number of rotatable bonds is 2. The van der Waals surface area contributed by atoms with Crippen LogP contribution in [0.25, 0.3) is 0 Å². The van der Waals surface area contributed by atoms with Crippen molar-refractivity contribution in [2.45, 2.75) is 11.2 Å². The lowest BCUT2D eigenvalue weighted by molar-refractivity contribution is -0.139. The first-order chi connectivity index (χ1) is 5.55. The summed E-state index contributed by atoms with van der Waals surface area (Å²) in [5, 5.41) is 8.85. The zero-order valence-electron chi connectivity index (χ0n) is 6.62. The number of aliphatic carboxylic acids is 1. The monoisotopic (exact) mass is 228 g/mol. The topological polar surface area (TPSA) is 37.3 Å². The van der Waals surface area contributed by atoms with Crippen molar-refractivity contribution in [3.05, 3.63) is 35.9 Å². The fourth-order valence-corrected chi connectivity index (χ4v) is 1.14. The Morgan fingerprint density at radius 2 is 1.92 bits per heavy atom. The minimum absolute atomic E-state index is 0.748. The van der Waals surface area contributed by atoms with Crippen LogP contribution in [0, 0.1) is 0 Å². The van der Waals surface area contributed by atoms with Crippen molar-refractivity contribution >= 4 is 21.9 Å². The van der Waals surface area contributed by atoms with Crippen LogP contribution in [0.1, 0.15) is 12.5 Å². The van der Waals surface area contributed by atoms with Crippen LogP contribution in [0.2, 0.25) is 0 Å². The smallest absolute Gasteiger partial charge is 0.324 e. The second-order valence-electron chi connectivity index (χ2n) is 2.67. The predicted molar refractivity (Wildman–Crippen MR) is 50.4 cm³/mol. The van der Waals surface area contributed by atoms with Crippen LogP contribution in [0.4, 0.5) is 0 Å². The van der Waals surface area contributed by atoms with Crippen molar-refractivity contribution in [1.29, 1.82) is 0 Å². The van der Waals surface area contributed by atoms with E-state index in [-0.39, 0.29) is 0 Å². The van der Waals surface area contributed by atoms with Crippen molar-refractivity contribution in [3.8, 4) is 0 Å². The Labute approximate surface area is 79.3 Å². The second-order valence-corrected chi connectivity index (χ2v) is 4.26. The fraction of sp³-hybridized carbons (Fsp3) is 0.222. The van der Waals surface area contributed by atoms with E-state index in [0.29, 0.717) is 0 Å². The number of carboxylic acids is 1. The summed E-state index contributed by atoms with van der Waals surface area (Å²) >= 11 is 3.15. The standard InChI is InChI=1S/C9H9BrO2/c1-9(10,8(11)12)7-5-3-2-4-6-7/h2-6H,1H3,(H,11,12)/t9-/m1/s1. The first kappa shape index (κ1) is 9.26. The summed E-state index contributed by atoms with van der Waals surface area (Å²) in [6, 6.07) is 9.05. The Balaban J connectivity index is 3.06. The molecule has 1 aromatic carbocycles. The van der Waals surface area contributed by atoms with Gasteiger partial charge >= 0.3 is 5.97 Å². The van der Waals surface area contributed by atoms with Gasteiger partial charge in [-0.05, 0) is 12.5 Å². The van der Waals surface area contributed by atoms with E-state index in [1.165, 1.54) is 0 Å². The zero-order chi connectivity index (χ0) is 9.19. The molecule has 0 aliphatic carbocycles. The van der Waals surface area contributed by atoms with Crippen LogP contribution in [0.3, 0.4) is 0 Å². The van der Waals surface area contributed by atoms with Crippen molar-refractivity contribution in [3.63, 3.8) is 0 Å². The summed E-state index contributed by atoms with van der Waals surface area (Å²) in [4.78, 5) is 10.8. The van der Waals surface area contributed by atoms with Crippen LogP contribution in [-0.2, 0) is 9.12 Å². The van der Waals surface area contributed by atoms with Gasteiger partial charge in [-0.3, -0.25) is 4.79 Å². The Kier molecular flexibility index (Phi) is 2.52. The van der Waals surface area contributed by atoms with Gasteiger partial charge in [-0.1, -0.05) is 46.3 Å². The maximum atomic E-state index is 10.8. The Morgan fingerprint density at radius 1 is 1.42 bits per heavy atom. The molecule has 64 valence electrons. The van der Waals surface area contributed by atoms with Crippen molar-refractivity contribution in [2.24, 2.45) is 0 Å². The van der Waals surface area contributed by atoms with Crippen LogP contribution >= 0.6 is 15.9 Å². The molecule has 0 aromatic heterocycles. The summed E-state index contributed by atoms with van der Waals surface area (Å²) in [6.45, 7) is 1.62. The molecule has 0 radical (unpaired) electrons. The lowest BCUT2D eigenvalue weighted by atomic mass is 10.0. The molecule has 1 aromatic rings. The van der Waals surface area contributed by atoms with Crippen LogP contribution in [0.15, 0.2) is 30.3 Å². The minimum atomic E-state index is -0.978. The Bertz CT molecular complexity index is 280. The molecule has 1 N–H and O–H groups in total. The van der Waals surface area contributed by atoms with Gasteiger partial charge in [0.25, 0.3) is 0 Å². The first-order valence-corrected chi connectivity index (χ1v) is 4.32. The molecule has 0 amide bonds. The number of hydrogen-bond donors (Lipinski definition) is 1. The molecule has 3 heteroatoms. The van der Waals surface area contributed by atoms with E-state index in [1.807, 2.05) is 18.2 Å². The van der Waals surface area contributed by atoms with Gasteiger partial charge in [-0.15, -0.1) is 0 Å². The quantitative estimate of drug-likeness (QED) is 0.790. The number of halogens is 1. The first-order valence-electron chi connectivity index (χ1n) is 3.53. The third-order valence-electron chi connectivity index (χ3n) is 1.72. The summed E-state index contributed by atoms with van der Waals surface area (Å²) in [7, 11) is 0. The van der Waals surface area contributed by atoms with E-state index < -0.39 is 10.3 Å². The normalized spacial score (nSPS) is 15.2. The van der Waals surface area contributed by atoms with E-state index in [9.17, 15) is 4.79 Å². The van der Waals surface area contributed by atoms with Crippen molar-refractivity contribution in [2.75, 3.05) is 0 Å². The number of benzene rings is 1. The third-order valence-corrected chi connectivity index (χ3v) is 2.51. The molecule has 1 atom stereocenters. The largest absolute Gasteiger partial charge is 0.480 e. The highest BCUT2D eigenvalue weighted by Gasteiger charge is 2.31. The predicted octanol–water partition coefficient (Wildman–Crippen LogP) is 2.38. The highest BCUT2D eigenvalue weighted by Crippen LogP contribution is 2.30. The molecule has 1 rings (SSSR count). The lowest BCUT2D eigenvalue weighted by Crippen LogP contribution is -2.24. The minimum Gasteiger partial charge on any atom is -0.480 e. The maximum absolute atomic E-state index is 10.8. The molecule has 0 spiro atoms. The van der Waals surface area contributed by atoms with Crippen LogP contribution in [-0.4, -0.2) is 11.1 Å². The zero-order valence-corrected chi connectivity index (χ0v) is 8.21. The van der Waals surface area contributed by atoms with Crippen molar-refractivity contribution < 1.29 is 9.90 Å². The summed E-state index contributed by atoms with van der Waals surface area (Å²) in [5.74, 6) is -0.881. The van der Waals surface area contributed by atoms with Gasteiger partial charge in [0, 0.05) is 0 Å². The van der Waals surface area contributed by atoms with E-state index in [0.717, 1.165) is 5.56 Å². The molecule has 0 unspecified atom stereocenters. The van der Waals surface area contributed by atoms with Gasteiger partial charge in [0.2, 0.25) is 0 Å². The maximum Gasteiger partial charge on any atom is 0.324 e. The average molecular weight is 229 g/mol. The molecule has 0 aliphatic rings. The van der Waals surface area contributed by atoms with Gasteiger partial charge in [0.1, 0.15) is 4.32 Å². The molecule has 2 nitrogen and oxygen atoms in total. The third kappa shape index (κ3) is 1.67. The van der Waals surface area contributed by atoms with Crippen LogP contribution in [0.5, 0.6) is 0 Å². The molecule has 0 saturated heterocycles. The fourth-order valence-electron chi connectivity index (χ4n) is 0.875. The Morgan fingerprint density at radius 3 is 2.33 bits per heavy atom. The molecule has 12 heavy (non-hydrogen) atoms. The van der Waals surface area contributed by atoms with E-state index in [1.54, 1.807) is 19.1 Å². The Hall–Kier alpha value is -0.830. The van der Waals surface area contributed by atoms with Gasteiger partial charge < -0.3 is 5.11 Å². The summed E-state index contributed by atoms with van der Waals surface area (Å²) in [6.07, 6.45) is 0. The van der Waals surface area contributed by atoms with Gasteiger partial charge in [-0.2, -0.15) is 0 Å². The van der Waals surface area contributed by atoms with Gasteiger partial charge in [0.15, 0.2) is 0 Å². The molecule has 0 bridgehead atoms. The molecule has 0 saturated carbocycles.